The smallest absolute Gasteiger partial charge is 0.341 e. The number of rotatable bonds is 5. The average Bonchev–Trinajstić information content (AvgIpc) is 3.19. The summed E-state index contributed by atoms with van der Waals surface area (Å²) in [7, 11) is -4.67. The van der Waals surface area contributed by atoms with Gasteiger partial charge in [0.15, 0.2) is 0 Å². The molecule has 1 saturated carbocycles. The number of hydrogen-bond acceptors (Lipinski definition) is 4. The van der Waals surface area contributed by atoms with Crippen molar-refractivity contribution in [3.63, 3.8) is 0 Å². The second-order valence-electron chi connectivity index (χ2n) is 4.61. The standard InChI is InChI=1S/C12H11F2NO5S/c13-12(14)21(19,20)7-3-1-6(2-4-7)15-10(16)8-5-9(8)11(17)18/h1-4,8-9,12H,5H2,(H,15,16)(H,17,18). The minimum Gasteiger partial charge on any atom is -0.481 e. The zero-order valence-electron chi connectivity index (χ0n) is 10.5. The molecule has 2 unspecified atom stereocenters. The number of hydrogen-bond donors (Lipinski definition) is 2. The summed E-state index contributed by atoms with van der Waals surface area (Å²) >= 11 is 0. The lowest BCUT2D eigenvalue weighted by Crippen LogP contribution is -2.17. The Balaban J connectivity index is 2.04. The maximum atomic E-state index is 12.3. The topological polar surface area (TPSA) is 101 Å². The van der Waals surface area contributed by atoms with Crippen LogP contribution in [0.25, 0.3) is 0 Å². The molecule has 9 heteroatoms. The summed E-state index contributed by atoms with van der Waals surface area (Å²) in [6, 6.07) is 4.26. The first-order chi connectivity index (χ1) is 9.73. The van der Waals surface area contributed by atoms with Gasteiger partial charge in [0.25, 0.3) is 0 Å². The Kier molecular flexibility index (Phi) is 3.95. The number of anilines is 1. The van der Waals surface area contributed by atoms with Gasteiger partial charge in [-0.1, -0.05) is 0 Å². The van der Waals surface area contributed by atoms with Crippen molar-refractivity contribution in [2.45, 2.75) is 17.1 Å². The highest BCUT2D eigenvalue weighted by atomic mass is 32.2. The van der Waals surface area contributed by atoms with Crippen molar-refractivity contribution in [3.05, 3.63) is 24.3 Å². The quantitative estimate of drug-likeness (QED) is 0.853. The molecule has 1 aliphatic rings. The molecule has 0 bridgehead atoms. The molecule has 21 heavy (non-hydrogen) atoms. The Bertz CT molecular complexity index is 671. The molecule has 0 radical (unpaired) electrons. The number of benzene rings is 1. The molecule has 1 aromatic carbocycles. The normalized spacial score (nSPS) is 21.1. The van der Waals surface area contributed by atoms with Crippen LogP contribution < -0.4 is 5.32 Å². The molecular weight excluding hydrogens is 308 g/mol. The fourth-order valence-electron chi connectivity index (χ4n) is 1.82. The first kappa shape index (κ1) is 15.4. The van der Waals surface area contributed by atoms with Crippen molar-refractivity contribution in [1.82, 2.24) is 0 Å². The molecule has 1 aliphatic carbocycles. The van der Waals surface area contributed by atoms with Gasteiger partial charge in [-0.05, 0) is 30.7 Å². The van der Waals surface area contributed by atoms with Gasteiger partial charge in [0, 0.05) is 5.69 Å². The number of carbonyl (C=O) groups is 2. The van der Waals surface area contributed by atoms with Crippen LogP contribution in [0.3, 0.4) is 0 Å². The molecule has 2 atom stereocenters. The van der Waals surface area contributed by atoms with Crippen LogP contribution in [-0.2, 0) is 19.4 Å². The summed E-state index contributed by atoms with van der Waals surface area (Å²) in [4.78, 5) is 21.7. The number of carbonyl (C=O) groups excluding carboxylic acids is 1. The highest BCUT2D eigenvalue weighted by Gasteiger charge is 2.48. The molecule has 6 nitrogen and oxygen atoms in total. The monoisotopic (exact) mass is 319 g/mol. The van der Waals surface area contributed by atoms with E-state index in [9.17, 15) is 26.8 Å². The van der Waals surface area contributed by atoms with E-state index in [-0.39, 0.29) is 12.1 Å². The van der Waals surface area contributed by atoms with Gasteiger partial charge >= 0.3 is 11.7 Å². The number of halogens is 2. The Hall–Kier alpha value is -2.03. The molecule has 0 aromatic heterocycles. The van der Waals surface area contributed by atoms with Gasteiger partial charge in [-0.25, -0.2) is 8.42 Å². The average molecular weight is 319 g/mol. The van der Waals surface area contributed by atoms with E-state index in [1.807, 2.05) is 0 Å². The van der Waals surface area contributed by atoms with E-state index < -0.39 is 44.2 Å². The van der Waals surface area contributed by atoms with Gasteiger partial charge in [0.2, 0.25) is 15.7 Å². The van der Waals surface area contributed by atoms with Crippen LogP contribution in [-0.4, -0.2) is 31.2 Å². The van der Waals surface area contributed by atoms with E-state index in [0.29, 0.717) is 0 Å². The summed E-state index contributed by atoms with van der Waals surface area (Å²) < 4.78 is 47.1. The first-order valence-corrected chi connectivity index (χ1v) is 7.44. The maximum absolute atomic E-state index is 12.3. The van der Waals surface area contributed by atoms with Gasteiger partial charge < -0.3 is 10.4 Å². The Labute approximate surface area is 118 Å². The molecule has 0 heterocycles. The highest BCUT2D eigenvalue weighted by molar-refractivity contribution is 7.91. The minimum absolute atomic E-state index is 0.212. The highest BCUT2D eigenvalue weighted by Crippen LogP contribution is 2.39. The summed E-state index contributed by atoms with van der Waals surface area (Å²) in [6.07, 6.45) is 0.249. The van der Waals surface area contributed by atoms with E-state index in [1.54, 1.807) is 0 Å². The number of carboxylic acids is 1. The fraction of sp³-hybridized carbons (Fsp3) is 0.333. The van der Waals surface area contributed by atoms with E-state index in [1.165, 1.54) is 12.1 Å². The largest absolute Gasteiger partial charge is 0.481 e. The molecular formula is C12H11F2NO5S. The predicted octanol–water partition coefficient (Wildman–Crippen LogP) is 1.34. The van der Waals surface area contributed by atoms with Crippen LogP contribution in [0.1, 0.15) is 6.42 Å². The van der Waals surface area contributed by atoms with Crippen molar-refractivity contribution < 1.29 is 31.9 Å². The van der Waals surface area contributed by atoms with Gasteiger partial charge in [-0.15, -0.1) is 0 Å². The number of alkyl halides is 2. The lowest BCUT2D eigenvalue weighted by molar-refractivity contribution is -0.139. The SMILES string of the molecule is O=C(O)C1CC1C(=O)Nc1ccc(S(=O)(=O)C(F)F)cc1. The molecule has 1 aromatic rings. The molecule has 1 amide bonds. The van der Waals surface area contributed by atoms with Gasteiger partial charge in [0.1, 0.15) is 0 Å². The van der Waals surface area contributed by atoms with E-state index in [2.05, 4.69) is 5.32 Å². The van der Waals surface area contributed by atoms with E-state index in [4.69, 9.17) is 5.11 Å². The number of sulfone groups is 1. The van der Waals surface area contributed by atoms with Gasteiger partial charge in [-0.2, -0.15) is 8.78 Å². The number of aliphatic carboxylic acids is 1. The van der Waals surface area contributed by atoms with Crippen molar-refractivity contribution in [3.8, 4) is 0 Å². The number of nitrogens with one attached hydrogen (secondary N) is 1. The Morgan fingerprint density at radius 1 is 1.19 bits per heavy atom. The van der Waals surface area contributed by atoms with Crippen LogP contribution >= 0.6 is 0 Å². The van der Waals surface area contributed by atoms with Crippen molar-refractivity contribution >= 4 is 27.4 Å². The van der Waals surface area contributed by atoms with E-state index >= 15 is 0 Å². The lowest BCUT2D eigenvalue weighted by Gasteiger charge is -2.06. The Morgan fingerprint density at radius 3 is 2.19 bits per heavy atom. The summed E-state index contributed by atoms with van der Waals surface area (Å²) in [5.41, 5.74) is 0.212. The predicted molar refractivity (Wildman–Crippen MR) is 67.5 cm³/mol. The lowest BCUT2D eigenvalue weighted by atomic mass is 10.2. The second-order valence-corrected chi connectivity index (χ2v) is 6.52. The summed E-state index contributed by atoms with van der Waals surface area (Å²) in [5.74, 6) is -6.38. The summed E-state index contributed by atoms with van der Waals surface area (Å²) in [6.45, 7) is 0. The third-order valence-corrected chi connectivity index (χ3v) is 4.53. The zero-order valence-corrected chi connectivity index (χ0v) is 11.3. The molecule has 2 N–H and O–H groups in total. The summed E-state index contributed by atoms with van der Waals surface area (Å²) in [5, 5.41) is 11.1. The first-order valence-electron chi connectivity index (χ1n) is 5.89. The Morgan fingerprint density at radius 2 is 1.76 bits per heavy atom. The molecule has 1 fully saturated rings. The van der Waals surface area contributed by atoms with Gasteiger partial charge in [0.05, 0.1) is 16.7 Å². The molecule has 0 saturated heterocycles. The fourth-order valence-corrected chi connectivity index (χ4v) is 2.54. The zero-order chi connectivity index (χ0) is 15.8. The second kappa shape index (κ2) is 5.40. The maximum Gasteiger partial charge on any atom is 0.341 e. The van der Waals surface area contributed by atoms with Crippen LogP contribution in [0.4, 0.5) is 14.5 Å². The molecule has 0 spiro atoms. The number of amides is 1. The third kappa shape index (κ3) is 3.18. The third-order valence-electron chi connectivity index (χ3n) is 3.13. The van der Waals surface area contributed by atoms with Crippen molar-refractivity contribution in [2.75, 3.05) is 5.32 Å². The van der Waals surface area contributed by atoms with Crippen LogP contribution in [0.2, 0.25) is 0 Å². The van der Waals surface area contributed by atoms with Crippen molar-refractivity contribution in [1.29, 1.82) is 0 Å². The van der Waals surface area contributed by atoms with Gasteiger partial charge in [-0.3, -0.25) is 9.59 Å². The van der Waals surface area contributed by atoms with Crippen molar-refractivity contribution in [2.24, 2.45) is 11.8 Å². The molecule has 0 aliphatic heterocycles. The molecule has 2 rings (SSSR count). The molecule has 114 valence electrons. The van der Waals surface area contributed by atoms with Crippen LogP contribution in [0.5, 0.6) is 0 Å². The minimum atomic E-state index is -4.67. The number of carboxylic acid groups (broad SMARTS) is 1. The van der Waals surface area contributed by atoms with E-state index in [0.717, 1.165) is 12.1 Å². The van der Waals surface area contributed by atoms with Crippen LogP contribution in [0, 0.1) is 11.8 Å². The van der Waals surface area contributed by atoms with Crippen LogP contribution in [0.15, 0.2) is 29.2 Å².